The third-order valence-corrected chi connectivity index (χ3v) is 6.35. The van der Waals surface area contributed by atoms with Crippen molar-refractivity contribution in [1.29, 1.82) is 0 Å². The van der Waals surface area contributed by atoms with E-state index in [1.165, 1.54) is 44.6 Å². The van der Waals surface area contributed by atoms with E-state index in [-0.39, 0.29) is 0 Å². The van der Waals surface area contributed by atoms with Crippen LogP contribution in [0.3, 0.4) is 0 Å². The first-order chi connectivity index (χ1) is 12.4. The van der Waals surface area contributed by atoms with Crippen molar-refractivity contribution < 1.29 is 17.6 Å². The molecule has 1 fully saturated rings. The Balaban J connectivity index is 1.63. The minimum atomic E-state index is -4.64. The lowest BCUT2D eigenvalue weighted by atomic mass is 9.70. The smallest absolute Gasteiger partial charge is 0.206 e. The molecule has 0 N–H and O–H groups in total. The zero-order valence-electron chi connectivity index (χ0n) is 15.4. The number of hydrogen-bond donors (Lipinski definition) is 0. The average molecular weight is 368 g/mol. The molecule has 0 radical (unpaired) electrons. The lowest BCUT2D eigenvalue weighted by Crippen LogP contribution is -2.23. The maximum atomic E-state index is 13.5. The van der Waals surface area contributed by atoms with Crippen LogP contribution < -0.4 is 0 Å². The predicted molar refractivity (Wildman–Crippen MR) is 97.1 cm³/mol. The molecule has 26 heavy (non-hydrogen) atoms. The molecule has 0 nitrogen and oxygen atoms in total. The molecule has 144 valence electrons. The highest BCUT2D eigenvalue weighted by Crippen LogP contribution is 2.42. The van der Waals surface area contributed by atoms with Crippen LogP contribution in [0.5, 0.6) is 0 Å². The summed E-state index contributed by atoms with van der Waals surface area (Å²) in [6, 6.07) is 3.39. The van der Waals surface area contributed by atoms with Gasteiger partial charge in [-0.25, -0.2) is 4.39 Å². The molecular weight excluding hydrogens is 340 g/mol. The van der Waals surface area contributed by atoms with Crippen LogP contribution in [0.25, 0.3) is 5.57 Å². The van der Waals surface area contributed by atoms with Crippen molar-refractivity contribution in [2.45, 2.75) is 70.9 Å². The number of hydrogen-bond acceptors (Lipinski definition) is 0. The van der Waals surface area contributed by atoms with E-state index in [1.807, 2.05) is 0 Å². The normalized spacial score (nSPS) is 27.3. The van der Waals surface area contributed by atoms with Gasteiger partial charge in [-0.3, -0.25) is 0 Å². The van der Waals surface area contributed by atoms with E-state index < -0.39 is 17.6 Å². The summed E-state index contributed by atoms with van der Waals surface area (Å²) in [5.41, 5.74) is 0.294. The second-order valence-electron chi connectivity index (χ2n) is 8.03. The molecule has 0 amide bonds. The highest BCUT2D eigenvalue weighted by Gasteiger charge is 2.35. The molecule has 1 unspecified atom stereocenters. The van der Waals surface area contributed by atoms with Gasteiger partial charge in [-0.2, -0.15) is 13.2 Å². The Morgan fingerprint density at radius 3 is 2.31 bits per heavy atom. The number of alkyl halides is 3. The van der Waals surface area contributed by atoms with Crippen LogP contribution in [0.1, 0.15) is 75.8 Å². The van der Waals surface area contributed by atoms with Crippen LogP contribution in [0.15, 0.2) is 24.3 Å². The standard InChI is InChI=1S/C22H28F4/c1-2-3-15-4-6-16(7-5-15)17-8-10-18(11-9-17)19-12-13-21(23)20(14-19)22(24,25)26/h10,12-17H,2-9,11H2,1H3/t15-,16-,17?. The van der Waals surface area contributed by atoms with Crippen LogP contribution in [-0.2, 0) is 6.18 Å². The molecule has 0 bridgehead atoms. The molecular formula is C22H28F4. The summed E-state index contributed by atoms with van der Waals surface area (Å²) in [5, 5.41) is 0. The maximum absolute atomic E-state index is 13.5. The topological polar surface area (TPSA) is 0 Å². The van der Waals surface area contributed by atoms with Crippen molar-refractivity contribution in [2.24, 2.45) is 17.8 Å². The van der Waals surface area contributed by atoms with E-state index >= 15 is 0 Å². The van der Waals surface area contributed by atoms with Crippen molar-refractivity contribution in [3.05, 3.63) is 41.2 Å². The van der Waals surface area contributed by atoms with Gasteiger partial charge in [0.25, 0.3) is 0 Å². The van der Waals surface area contributed by atoms with Crippen molar-refractivity contribution in [1.82, 2.24) is 0 Å². The molecule has 0 aliphatic heterocycles. The Bertz CT molecular complexity index is 636. The zero-order valence-corrected chi connectivity index (χ0v) is 15.4. The highest BCUT2D eigenvalue weighted by atomic mass is 19.4. The van der Waals surface area contributed by atoms with Crippen LogP contribution in [0.2, 0.25) is 0 Å². The van der Waals surface area contributed by atoms with E-state index in [9.17, 15) is 17.6 Å². The molecule has 0 spiro atoms. The molecule has 0 saturated heterocycles. The second-order valence-corrected chi connectivity index (χ2v) is 8.03. The van der Waals surface area contributed by atoms with Gasteiger partial charge in [0.05, 0.1) is 5.56 Å². The van der Waals surface area contributed by atoms with Crippen LogP contribution >= 0.6 is 0 Å². The molecule has 0 aromatic heterocycles. The first-order valence-electron chi connectivity index (χ1n) is 9.94. The van der Waals surface area contributed by atoms with Gasteiger partial charge in [0.15, 0.2) is 0 Å². The van der Waals surface area contributed by atoms with Crippen LogP contribution in [0, 0.1) is 23.6 Å². The summed E-state index contributed by atoms with van der Waals surface area (Å²) in [4.78, 5) is 0. The molecule has 1 aromatic rings. The summed E-state index contributed by atoms with van der Waals surface area (Å²) in [5.74, 6) is 1.12. The van der Waals surface area contributed by atoms with E-state index in [4.69, 9.17) is 0 Å². The van der Waals surface area contributed by atoms with Gasteiger partial charge in [-0.15, -0.1) is 0 Å². The lowest BCUT2D eigenvalue weighted by molar-refractivity contribution is -0.140. The van der Waals surface area contributed by atoms with Gasteiger partial charge in [0.1, 0.15) is 5.82 Å². The lowest BCUT2D eigenvalue weighted by Gasteiger charge is -2.35. The molecule has 0 heterocycles. The van der Waals surface area contributed by atoms with Gasteiger partial charge in [-0.05, 0) is 73.1 Å². The fraction of sp³-hybridized carbons (Fsp3) is 0.636. The van der Waals surface area contributed by atoms with E-state index in [2.05, 4.69) is 13.0 Å². The molecule has 1 aromatic carbocycles. The molecule has 1 atom stereocenters. The SMILES string of the molecule is CCC[C@H]1CC[C@H](C2CC=C(c3ccc(F)c(C(F)(F)F)c3)CC2)CC1. The molecule has 2 aliphatic carbocycles. The highest BCUT2D eigenvalue weighted by molar-refractivity contribution is 5.67. The van der Waals surface area contributed by atoms with E-state index in [1.54, 1.807) is 0 Å². The Morgan fingerprint density at radius 1 is 1.00 bits per heavy atom. The largest absolute Gasteiger partial charge is 0.419 e. The fourth-order valence-corrected chi connectivity index (χ4v) is 4.84. The minimum Gasteiger partial charge on any atom is -0.206 e. The number of benzene rings is 1. The molecule has 2 aliphatic rings. The third-order valence-electron chi connectivity index (χ3n) is 6.35. The summed E-state index contributed by atoms with van der Waals surface area (Å²) < 4.78 is 52.3. The first kappa shape index (κ1) is 19.4. The fourth-order valence-electron chi connectivity index (χ4n) is 4.84. The summed E-state index contributed by atoms with van der Waals surface area (Å²) in [6.45, 7) is 2.25. The van der Waals surface area contributed by atoms with Crippen molar-refractivity contribution in [2.75, 3.05) is 0 Å². The van der Waals surface area contributed by atoms with E-state index in [0.717, 1.165) is 48.8 Å². The second kappa shape index (κ2) is 8.14. The molecule has 3 rings (SSSR count). The van der Waals surface area contributed by atoms with Crippen molar-refractivity contribution >= 4 is 5.57 Å². The van der Waals surface area contributed by atoms with Gasteiger partial charge in [0, 0.05) is 0 Å². The number of allylic oxidation sites excluding steroid dienone is 2. The van der Waals surface area contributed by atoms with Crippen LogP contribution in [0.4, 0.5) is 17.6 Å². The Hall–Kier alpha value is -1.32. The van der Waals surface area contributed by atoms with Gasteiger partial charge in [-0.1, -0.05) is 44.7 Å². The minimum absolute atomic E-state index is 0.517. The van der Waals surface area contributed by atoms with Gasteiger partial charge >= 0.3 is 6.18 Å². The van der Waals surface area contributed by atoms with Gasteiger partial charge < -0.3 is 0 Å². The Kier molecular flexibility index (Phi) is 6.09. The zero-order chi connectivity index (χ0) is 18.7. The molecule has 4 heteroatoms. The first-order valence-corrected chi connectivity index (χ1v) is 9.94. The third kappa shape index (κ3) is 4.50. The predicted octanol–water partition coefficient (Wildman–Crippen LogP) is 7.63. The van der Waals surface area contributed by atoms with Gasteiger partial charge in [0.2, 0.25) is 0 Å². The van der Waals surface area contributed by atoms with Crippen molar-refractivity contribution in [3.63, 3.8) is 0 Å². The average Bonchev–Trinajstić information content (AvgIpc) is 2.62. The summed E-state index contributed by atoms with van der Waals surface area (Å²) >= 11 is 0. The Labute approximate surface area is 153 Å². The summed E-state index contributed by atoms with van der Waals surface area (Å²) in [6.07, 6.45) is 8.09. The Morgan fingerprint density at radius 2 is 1.73 bits per heavy atom. The van der Waals surface area contributed by atoms with E-state index in [0.29, 0.717) is 11.5 Å². The maximum Gasteiger partial charge on any atom is 0.419 e. The van der Waals surface area contributed by atoms with Crippen molar-refractivity contribution in [3.8, 4) is 0 Å². The number of halogens is 4. The van der Waals surface area contributed by atoms with Crippen LogP contribution in [-0.4, -0.2) is 0 Å². The monoisotopic (exact) mass is 368 g/mol. The number of rotatable bonds is 4. The molecule has 1 saturated carbocycles. The quantitative estimate of drug-likeness (QED) is 0.479. The summed E-state index contributed by atoms with van der Waals surface area (Å²) in [7, 11) is 0.